The molecule has 0 aromatic heterocycles. The van der Waals surface area contributed by atoms with E-state index in [4.69, 9.17) is 14.2 Å². The molecule has 5 nitrogen and oxygen atoms in total. The van der Waals surface area contributed by atoms with E-state index in [9.17, 15) is 18.0 Å². The second kappa shape index (κ2) is 6.92. The highest BCUT2D eigenvalue weighted by Crippen LogP contribution is 2.33. The molecule has 1 aliphatic heterocycles. The highest BCUT2D eigenvalue weighted by atomic mass is 19.4. The van der Waals surface area contributed by atoms with Crippen LogP contribution >= 0.6 is 0 Å². The first-order chi connectivity index (χ1) is 11.9. The topological polar surface area (TPSA) is 56.8 Å². The predicted molar refractivity (Wildman–Crippen MR) is 83.0 cm³/mol. The fourth-order valence-electron chi connectivity index (χ4n) is 2.20. The standard InChI is InChI=1S/C17H14F3NO4/c18-17(19,20)11-1-3-12(4-2-11)21-16(22)10-25-13-5-6-14-15(9-13)24-8-7-23-14/h1-6,9H,7-8,10H2,(H,21,22). The van der Waals surface area contributed by atoms with E-state index in [0.717, 1.165) is 12.1 Å². The van der Waals surface area contributed by atoms with Crippen molar-refractivity contribution in [1.29, 1.82) is 0 Å². The maximum absolute atomic E-state index is 12.5. The summed E-state index contributed by atoms with van der Waals surface area (Å²) in [6.07, 6.45) is -4.41. The van der Waals surface area contributed by atoms with Gasteiger partial charge in [0.25, 0.3) is 5.91 Å². The average molecular weight is 353 g/mol. The predicted octanol–water partition coefficient (Wildman–Crippen LogP) is 3.49. The first-order valence-corrected chi connectivity index (χ1v) is 7.41. The first-order valence-electron chi connectivity index (χ1n) is 7.41. The van der Waals surface area contributed by atoms with Gasteiger partial charge in [-0.15, -0.1) is 0 Å². The van der Waals surface area contributed by atoms with E-state index in [1.807, 2.05) is 0 Å². The minimum absolute atomic E-state index is 0.253. The van der Waals surface area contributed by atoms with Crippen LogP contribution in [0.5, 0.6) is 17.2 Å². The zero-order chi connectivity index (χ0) is 17.9. The molecule has 0 atom stereocenters. The molecule has 0 bridgehead atoms. The van der Waals surface area contributed by atoms with Gasteiger partial charge in [0.2, 0.25) is 0 Å². The van der Waals surface area contributed by atoms with Gasteiger partial charge in [-0.05, 0) is 36.4 Å². The Morgan fingerprint density at radius 3 is 2.40 bits per heavy atom. The Morgan fingerprint density at radius 1 is 1.04 bits per heavy atom. The first kappa shape index (κ1) is 16.9. The summed E-state index contributed by atoms with van der Waals surface area (Å²) in [6, 6.07) is 9.10. The molecule has 1 aliphatic rings. The third-order valence-corrected chi connectivity index (χ3v) is 3.38. The summed E-state index contributed by atoms with van der Waals surface area (Å²) < 4.78 is 53.6. The van der Waals surface area contributed by atoms with Gasteiger partial charge in [-0.2, -0.15) is 13.2 Å². The van der Waals surface area contributed by atoms with Crippen LogP contribution in [0.15, 0.2) is 42.5 Å². The number of rotatable bonds is 4. The summed E-state index contributed by atoms with van der Waals surface area (Å²) >= 11 is 0. The van der Waals surface area contributed by atoms with Crippen molar-refractivity contribution in [3.63, 3.8) is 0 Å². The number of anilines is 1. The Balaban J connectivity index is 1.54. The van der Waals surface area contributed by atoms with Gasteiger partial charge in [-0.3, -0.25) is 4.79 Å². The van der Waals surface area contributed by atoms with Crippen molar-refractivity contribution in [2.24, 2.45) is 0 Å². The molecule has 0 aliphatic carbocycles. The fourth-order valence-corrected chi connectivity index (χ4v) is 2.20. The van der Waals surface area contributed by atoms with Crippen LogP contribution in [0.2, 0.25) is 0 Å². The Kier molecular flexibility index (Phi) is 4.69. The second-order valence-electron chi connectivity index (χ2n) is 5.22. The highest BCUT2D eigenvalue weighted by molar-refractivity contribution is 5.91. The Labute approximate surface area is 141 Å². The quantitative estimate of drug-likeness (QED) is 0.914. The zero-order valence-corrected chi connectivity index (χ0v) is 12.9. The molecule has 1 amide bonds. The summed E-state index contributed by atoms with van der Waals surface area (Å²) in [5.74, 6) is 1.07. The van der Waals surface area contributed by atoms with Crippen molar-refractivity contribution in [1.82, 2.24) is 0 Å². The number of hydrogen-bond acceptors (Lipinski definition) is 4. The molecular formula is C17H14F3NO4. The normalized spacial score (nSPS) is 13.2. The minimum atomic E-state index is -4.41. The molecule has 1 heterocycles. The van der Waals surface area contributed by atoms with E-state index in [1.54, 1.807) is 18.2 Å². The molecule has 1 N–H and O–H groups in total. The lowest BCUT2D eigenvalue weighted by Gasteiger charge is -2.18. The molecule has 25 heavy (non-hydrogen) atoms. The van der Waals surface area contributed by atoms with Crippen molar-refractivity contribution >= 4 is 11.6 Å². The number of carbonyl (C=O) groups excluding carboxylic acids is 1. The Bertz CT molecular complexity index is 759. The molecule has 0 spiro atoms. The average Bonchev–Trinajstić information content (AvgIpc) is 2.59. The second-order valence-corrected chi connectivity index (χ2v) is 5.22. The van der Waals surface area contributed by atoms with Crippen LogP contribution in [0.4, 0.5) is 18.9 Å². The summed E-state index contributed by atoms with van der Waals surface area (Å²) in [6.45, 7) is 0.619. The van der Waals surface area contributed by atoms with Gasteiger partial charge in [0, 0.05) is 11.8 Å². The molecular weight excluding hydrogens is 339 g/mol. The van der Waals surface area contributed by atoms with Gasteiger partial charge >= 0.3 is 6.18 Å². The van der Waals surface area contributed by atoms with Gasteiger partial charge < -0.3 is 19.5 Å². The molecule has 2 aromatic carbocycles. The molecule has 0 fully saturated rings. The molecule has 8 heteroatoms. The summed E-state index contributed by atoms with van der Waals surface area (Å²) in [7, 11) is 0. The van der Waals surface area contributed by atoms with Crippen molar-refractivity contribution in [2.75, 3.05) is 25.1 Å². The molecule has 2 aromatic rings. The smallest absolute Gasteiger partial charge is 0.416 e. The monoisotopic (exact) mass is 353 g/mol. The summed E-state index contributed by atoms with van der Waals surface area (Å²) in [4.78, 5) is 11.8. The van der Waals surface area contributed by atoms with E-state index in [-0.39, 0.29) is 12.3 Å². The molecule has 0 unspecified atom stereocenters. The van der Waals surface area contributed by atoms with Crippen LogP contribution in [0.1, 0.15) is 5.56 Å². The van der Waals surface area contributed by atoms with Crippen molar-refractivity contribution in [3.05, 3.63) is 48.0 Å². The van der Waals surface area contributed by atoms with E-state index < -0.39 is 17.6 Å². The van der Waals surface area contributed by atoms with Crippen LogP contribution < -0.4 is 19.5 Å². The number of benzene rings is 2. The van der Waals surface area contributed by atoms with Crippen LogP contribution in [-0.2, 0) is 11.0 Å². The third-order valence-electron chi connectivity index (χ3n) is 3.38. The van der Waals surface area contributed by atoms with Gasteiger partial charge in [0.1, 0.15) is 19.0 Å². The van der Waals surface area contributed by atoms with Crippen LogP contribution in [-0.4, -0.2) is 25.7 Å². The van der Waals surface area contributed by atoms with Crippen molar-refractivity contribution in [3.8, 4) is 17.2 Å². The van der Waals surface area contributed by atoms with Gasteiger partial charge in [-0.1, -0.05) is 0 Å². The van der Waals surface area contributed by atoms with E-state index in [2.05, 4.69) is 5.32 Å². The Hall–Kier alpha value is -2.90. The maximum Gasteiger partial charge on any atom is 0.416 e. The molecule has 132 valence electrons. The molecule has 3 rings (SSSR count). The Morgan fingerprint density at radius 2 is 1.72 bits per heavy atom. The molecule has 0 saturated carbocycles. The lowest BCUT2D eigenvalue weighted by molar-refractivity contribution is -0.137. The number of alkyl halides is 3. The lowest BCUT2D eigenvalue weighted by Crippen LogP contribution is -2.20. The van der Waals surface area contributed by atoms with E-state index >= 15 is 0 Å². The largest absolute Gasteiger partial charge is 0.486 e. The highest BCUT2D eigenvalue weighted by Gasteiger charge is 2.29. The molecule has 0 saturated heterocycles. The van der Waals surface area contributed by atoms with Crippen molar-refractivity contribution < 1.29 is 32.2 Å². The molecule has 0 radical (unpaired) electrons. The third kappa shape index (κ3) is 4.34. The van der Waals surface area contributed by atoms with E-state index in [0.29, 0.717) is 30.5 Å². The number of nitrogens with one attached hydrogen (secondary N) is 1. The number of carbonyl (C=O) groups is 1. The van der Waals surface area contributed by atoms with E-state index in [1.165, 1.54) is 12.1 Å². The summed E-state index contributed by atoms with van der Waals surface area (Å²) in [5, 5.41) is 2.47. The summed E-state index contributed by atoms with van der Waals surface area (Å²) in [5.41, 5.74) is -0.526. The van der Waals surface area contributed by atoms with Crippen LogP contribution in [0.3, 0.4) is 0 Å². The lowest BCUT2D eigenvalue weighted by atomic mass is 10.2. The van der Waals surface area contributed by atoms with Gasteiger partial charge in [0.15, 0.2) is 18.1 Å². The number of ether oxygens (including phenoxy) is 3. The maximum atomic E-state index is 12.5. The number of fused-ring (bicyclic) bond motifs is 1. The number of hydrogen-bond donors (Lipinski definition) is 1. The number of amides is 1. The fraction of sp³-hybridized carbons (Fsp3) is 0.235. The number of halogens is 3. The van der Waals surface area contributed by atoms with Gasteiger partial charge in [0.05, 0.1) is 5.56 Å². The van der Waals surface area contributed by atoms with Crippen LogP contribution in [0.25, 0.3) is 0 Å². The van der Waals surface area contributed by atoms with Crippen LogP contribution in [0, 0.1) is 0 Å². The SMILES string of the molecule is O=C(COc1ccc2c(c1)OCCO2)Nc1ccc(C(F)(F)F)cc1. The minimum Gasteiger partial charge on any atom is -0.486 e. The van der Waals surface area contributed by atoms with Gasteiger partial charge in [-0.25, -0.2) is 0 Å². The van der Waals surface area contributed by atoms with Crippen molar-refractivity contribution in [2.45, 2.75) is 6.18 Å². The zero-order valence-electron chi connectivity index (χ0n) is 12.9.